The molecule has 0 heterocycles. The van der Waals surface area contributed by atoms with E-state index in [1.54, 1.807) is 7.11 Å². The van der Waals surface area contributed by atoms with Crippen LogP contribution in [-0.2, 0) is 17.9 Å². The van der Waals surface area contributed by atoms with Gasteiger partial charge in [0.05, 0.1) is 6.61 Å². The molecule has 0 spiro atoms. The Bertz CT molecular complexity index is 554. The van der Waals surface area contributed by atoms with E-state index in [1.165, 1.54) is 16.7 Å². The molecule has 0 radical (unpaired) electrons. The van der Waals surface area contributed by atoms with Crippen molar-refractivity contribution in [2.24, 2.45) is 0 Å². The summed E-state index contributed by atoms with van der Waals surface area (Å²) in [6, 6.07) is 16.4. The van der Waals surface area contributed by atoms with Gasteiger partial charge in [-0.05, 0) is 35.7 Å². The second-order valence-electron chi connectivity index (χ2n) is 5.04. The van der Waals surface area contributed by atoms with Gasteiger partial charge in [-0.25, -0.2) is 0 Å². The van der Waals surface area contributed by atoms with Crippen molar-refractivity contribution < 1.29 is 9.47 Å². The van der Waals surface area contributed by atoms with Gasteiger partial charge in [-0.2, -0.15) is 0 Å². The summed E-state index contributed by atoms with van der Waals surface area (Å²) in [5.41, 5.74) is 3.72. The van der Waals surface area contributed by atoms with Gasteiger partial charge in [0.2, 0.25) is 0 Å². The molecule has 3 nitrogen and oxygen atoms in total. The molecule has 21 heavy (non-hydrogen) atoms. The van der Waals surface area contributed by atoms with Gasteiger partial charge in [0.15, 0.2) is 0 Å². The molecule has 0 atom stereocenters. The maximum Gasteiger partial charge on any atom is 0.119 e. The summed E-state index contributed by atoms with van der Waals surface area (Å²) < 4.78 is 10.9. The number of hydrogen-bond acceptors (Lipinski definition) is 3. The summed E-state index contributed by atoms with van der Waals surface area (Å²) in [7, 11) is 1.72. The molecule has 1 N–H and O–H groups in total. The van der Waals surface area contributed by atoms with Crippen molar-refractivity contribution in [2.45, 2.75) is 20.1 Å². The summed E-state index contributed by atoms with van der Waals surface area (Å²) >= 11 is 0. The van der Waals surface area contributed by atoms with Crippen molar-refractivity contribution in [1.82, 2.24) is 5.32 Å². The Hall–Kier alpha value is -1.84. The fourth-order valence-electron chi connectivity index (χ4n) is 2.20. The zero-order chi connectivity index (χ0) is 14.9. The molecule has 0 aromatic heterocycles. The third-order valence-electron chi connectivity index (χ3n) is 3.27. The quantitative estimate of drug-likeness (QED) is 0.755. The minimum atomic E-state index is 0.650. The Morgan fingerprint density at radius 3 is 2.57 bits per heavy atom. The average Bonchev–Trinajstić information content (AvgIpc) is 2.49. The molecule has 0 fully saturated rings. The van der Waals surface area contributed by atoms with Crippen molar-refractivity contribution in [2.75, 3.05) is 20.3 Å². The van der Waals surface area contributed by atoms with Crippen LogP contribution in [0, 0.1) is 6.92 Å². The van der Waals surface area contributed by atoms with Gasteiger partial charge in [-0.1, -0.05) is 36.4 Å². The van der Waals surface area contributed by atoms with Gasteiger partial charge in [-0.15, -0.1) is 0 Å². The molecular formula is C18H23NO2. The average molecular weight is 285 g/mol. The number of rotatable bonds is 8. The molecule has 2 rings (SSSR count). The molecule has 0 saturated heterocycles. The first-order valence-electron chi connectivity index (χ1n) is 7.25. The number of aryl methyl sites for hydroxylation is 1. The molecule has 0 aliphatic heterocycles. The van der Waals surface area contributed by atoms with Crippen LogP contribution in [0.4, 0.5) is 0 Å². The molecule has 0 bridgehead atoms. The largest absolute Gasteiger partial charge is 0.492 e. The minimum Gasteiger partial charge on any atom is -0.492 e. The highest BCUT2D eigenvalue weighted by Gasteiger charge is 2.01. The Morgan fingerprint density at radius 2 is 1.81 bits per heavy atom. The normalized spacial score (nSPS) is 10.6. The smallest absolute Gasteiger partial charge is 0.119 e. The summed E-state index contributed by atoms with van der Waals surface area (Å²) in [6.07, 6.45) is 0. The van der Waals surface area contributed by atoms with Crippen molar-refractivity contribution in [3.8, 4) is 5.75 Å². The Labute approximate surface area is 126 Å². The Kier molecular flexibility index (Phi) is 6.25. The van der Waals surface area contributed by atoms with Crippen LogP contribution in [0.5, 0.6) is 5.75 Å². The molecule has 0 aliphatic rings. The zero-order valence-corrected chi connectivity index (χ0v) is 12.8. The standard InChI is InChI=1S/C18H23NO2/c1-15-6-5-9-18(12-15)21-11-10-19-13-16-7-3-4-8-17(16)14-20-2/h3-9,12,19H,10-11,13-14H2,1-2H3. The van der Waals surface area contributed by atoms with Gasteiger partial charge < -0.3 is 14.8 Å². The van der Waals surface area contributed by atoms with Crippen LogP contribution < -0.4 is 10.1 Å². The number of hydrogen-bond donors (Lipinski definition) is 1. The molecule has 0 saturated carbocycles. The fraction of sp³-hybridized carbons (Fsp3) is 0.333. The number of benzene rings is 2. The topological polar surface area (TPSA) is 30.5 Å². The molecule has 0 amide bonds. The van der Waals surface area contributed by atoms with Crippen molar-refractivity contribution >= 4 is 0 Å². The van der Waals surface area contributed by atoms with Crippen LogP contribution in [0.25, 0.3) is 0 Å². The van der Waals surface area contributed by atoms with Crippen LogP contribution in [0.1, 0.15) is 16.7 Å². The molecule has 2 aromatic carbocycles. The van der Waals surface area contributed by atoms with Gasteiger partial charge in [0.25, 0.3) is 0 Å². The minimum absolute atomic E-state index is 0.650. The van der Waals surface area contributed by atoms with E-state index in [0.29, 0.717) is 13.2 Å². The predicted molar refractivity (Wildman–Crippen MR) is 85.5 cm³/mol. The second kappa shape index (κ2) is 8.45. The van der Waals surface area contributed by atoms with Crippen molar-refractivity contribution in [3.05, 3.63) is 65.2 Å². The monoisotopic (exact) mass is 285 g/mol. The summed E-state index contributed by atoms with van der Waals surface area (Å²) in [4.78, 5) is 0. The van der Waals surface area contributed by atoms with E-state index in [0.717, 1.165) is 18.8 Å². The van der Waals surface area contributed by atoms with E-state index in [1.807, 2.05) is 24.3 Å². The van der Waals surface area contributed by atoms with Crippen molar-refractivity contribution in [1.29, 1.82) is 0 Å². The van der Waals surface area contributed by atoms with Gasteiger partial charge in [0, 0.05) is 20.2 Å². The third kappa shape index (κ3) is 5.21. The van der Waals surface area contributed by atoms with E-state index >= 15 is 0 Å². The number of methoxy groups -OCH3 is 1. The molecular weight excluding hydrogens is 262 g/mol. The molecule has 112 valence electrons. The first kappa shape index (κ1) is 15.5. The fourth-order valence-corrected chi connectivity index (χ4v) is 2.20. The van der Waals surface area contributed by atoms with Crippen molar-refractivity contribution in [3.63, 3.8) is 0 Å². The molecule has 2 aromatic rings. The predicted octanol–water partition coefficient (Wildman–Crippen LogP) is 3.31. The lowest BCUT2D eigenvalue weighted by atomic mass is 10.1. The second-order valence-corrected chi connectivity index (χ2v) is 5.04. The van der Waals surface area contributed by atoms with Crippen LogP contribution in [0.3, 0.4) is 0 Å². The highest BCUT2D eigenvalue weighted by atomic mass is 16.5. The van der Waals surface area contributed by atoms with E-state index in [-0.39, 0.29) is 0 Å². The molecule has 0 unspecified atom stereocenters. The van der Waals surface area contributed by atoms with Gasteiger partial charge >= 0.3 is 0 Å². The van der Waals surface area contributed by atoms with E-state index in [4.69, 9.17) is 9.47 Å². The van der Waals surface area contributed by atoms with Gasteiger partial charge in [-0.3, -0.25) is 0 Å². The summed E-state index contributed by atoms with van der Waals surface area (Å²) in [6.45, 7) is 5.03. The van der Waals surface area contributed by atoms with Crippen LogP contribution in [-0.4, -0.2) is 20.3 Å². The first-order chi connectivity index (χ1) is 10.3. The highest BCUT2D eigenvalue weighted by Crippen LogP contribution is 2.12. The van der Waals surface area contributed by atoms with Crippen LogP contribution >= 0.6 is 0 Å². The van der Waals surface area contributed by atoms with Crippen LogP contribution in [0.15, 0.2) is 48.5 Å². The molecule has 3 heteroatoms. The van der Waals surface area contributed by atoms with E-state index in [9.17, 15) is 0 Å². The first-order valence-corrected chi connectivity index (χ1v) is 7.25. The number of nitrogens with one attached hydrogen (secondary N) is 1. The zero-order valence-electron chi connectivity index (χ0n) is 12.8. The Balaban J connectivity index is 1.72. The van der Waals surface area contributed by atoms with E-state index in [2.05, 4.69) is 36.5 Å². The maximum absolute atomic E-state index is 5.72. The third-order valence-corrected chi connectivity index (χ3v) is 3.27. The lowest BCUT2D eigenvalue weighted by Crippen LogP contribution is -2.21. The SMILES string of the molecule is COCc1ccccc1CNCCOc1cccc(C)c1. The van der Waals surface area contributed by atoms with Crippen LogP contribution in [0.2, 0.25) is 0 Å². The van der Waals surface area contributed by atoms with E-state index < -0.39 is 0 Å². The lowest BCUT2D eigenvalue weighted by molar-refractivity contribution is 0.184. The Morgan fingerprint density at radius 1 is 1.00 bits per heavy atom. The highest BCUT2D eigenvalue weighted by molar-refractivity contribution is 5.27. The summed E-state index contributed by atoms with van der Waals surface area (Å²) in [5.74, 6) is 0.927. The maximum atomic E-state index is 5.72. The molecule has 0 aliphatic carbocycles. The lowest BCUT2D eigenvalue weighted by Gasteiger charge is -2.11. The van der Waals surface area contributed by atoms with Gasteiger partial charge in [0.1, 0.15) is 12.4 Å². The number of ether oxygens (including phenoxy) is 2. The summed E-state index contributed by atoms with van der Waals surface area (Å²) in [5, 5.41) is 3.40.